The first-order chi connectivity index (χ1) is 12.6. The lowest BCUT2D eigenvalue weighted by molar-refractivity contribution is -0.387. The highest BCUT2D eigenvalue weighted by Gasteiger charge is 2.42. The van der Waals surface area contributed by atoms with Crippen LogP contribution in [0.1, 0.15) is 5.56 Å². The van der Waals surface area contributed by atoms with Gasteiger partial charge >= 0.3 is 6.18 Å². The van der Waals surface area contributed by atoms with E-state index in [9.17, 15) is 31.7 Å². The van der Waals surface area contributed by atoms with Gasteiger partial charge in [-0.05, 0) is 18.2 Å². The van der Waals surface area contributed by atoms with Gasteiger partial charge in [0.15, 0.2) is 4.90 Å². The highest BCUT2D eigenvalue weighted by atomic mass is 32.2. The summed E-state index contributed by atoms with van der Waals surface area (Å²) < 4.78 is 70.0. The molecule has 0 bridgehead atoms. The van der Waals surface area contributed by atoms with Gasteiger partial charge in [0.2, 0.25) is 15.9 Å². The van der Waals surface area contributed by atoms with Crippen LogP contribution >= 0.6 is 0 Å². The molecule has 0 atom stereocenters. The maximum Gasteiger partial charge on any atom is 0.421 e. The minimum absolute atomic E-state index is 0.248. The van der Waals surface area contributed by atoms with Gasteiger partial charge in [0.1, 0.15) is 11.7 Å². The smallest absolute Gasteiger partial charge is 0.421 e. The molecule has 0 spiro atoms. The molecule has 0 amide bonds. The minimum Gasteiger partial charge on any atom is -0.471 e. The number of alkyl halides is 3. The molecule has 1 aromatic carbocycles. The topological polar surface area (TPSA) is 103 Å². The van der Waals surface area contributed by atoms with Crippen LogP contribution in [0.25, 0.3) is 0 Å². The molecule has 144 valence electrons. The minimum atomic E-state index is -4.66. The van der Waals surface area contributed by atoms with Crippen molar-refractivity contribution in [2.24, 2.45) is 0 Å². The van der Waals surface area contributed by atoms with E-state index in [1.165, 1.54) is 12.1 Å². The zero-order valence-electron chi connectivity index (χ0n) is 13.5. The van der Waals surface area contributed by atoms with Crippen LogP contribution in [0.5, 0.6) is 5.88 Å². The van der Waals surface area contributed by atoms with E-state index in [1.807, 2.05) is 0 Å². The molecule has 2 heterocycles. The molecule has 3 rings (SSSR count). The van der Waals surface area contributed by atoms with Crippen molar-refractivity contribution in [1.82, 2.24) is 9.29 Å². The van der Waals surface area contributed by atoms with Gasteiger partial charge in [0, 0.05) is 12.3 Å². The van der Waals surface area contributed by atoms with Gasteiger partial charge in [-0.1, -0.05) is 12.1 Å². The Morgan fingerprint density at radius 2 is 1.85 bits per heavy atom. The number of hydrogen-bond donors (Lipinski definition) is 0. The lowest BCUT2D eigenvalue weighted by Crippen LogP contribution is -2.56. The number of aromatic nitrogens is 1. The molecule has 0 saturated carbocycles. The number of hydrogen-bond acceptors (Lipinski definition) is 6. The summed E-state index contributed by atoms with van der Waals surface area (Å²) in [6, 6.07) is 6.76. The molecular weight excluding hydrogens is 391 g/mol. The van der Waals surface area contributed by atoms with E-state index in [0.717, 1.165) is 34.8 Å². The summed E-state index contributed by atoms with van der Waals surface area (Å²) in [5.41, 5.74) is -1.64. The Bertz CT molecular complexity index is 975. The van der Waals surface area contributed by atoms with Crippen molar-refractivity contribution >= 4 is 15.7 Å². The zero-order chi connectivity index (χ0) is 19.8. The van der Waals surface area contributed by atoms with Gasteiger partial charge in [0.05, 0.1) is 18.0 Å². The average Bonchev–Trinajstić information content (AvgIpc) is 2.57. The number of para-hydroxylation sites is 1. The van der Waals surface area contributed by atoms with Gasteiger partial charge in [0.25, 0.3) is 5.69 Å². The normalized spacial score (nSPS) is 16.0. The van der Waals surface area contributed by atoms with Crippen LogP contribution < -0.4 is 4.74 Å². The Hall–Kier alpha value is -2.73. The molecule has 1 saturated heterocycles. The fourth-order valence-electron chi connectivity index (χ4n) is 2.50. The zero-order valence-corrected chi connectivity index (χ0v) is 14.3. The second-order valence-electron chi connectivity index (χ2n) is 5.64. The SMILES string of the molecule is O=[N+]([O-])c1ccccc1S(=O)(=O)N1CC(Oc2ncccc2C(F)(F)F)C1. The Morgan fingerprint density at radius 3 is 2.48 bits per heavy atom. The van der Waals surface area contributed by atoms with E-state index in [0.29, 0.717) is 0 Å². The highest BCUT2D eigenvalue weighted by Crippen LogP contribution is 2.36. The molecule has 1 fully saturated rings. The standard InChI is InChI=1S/C15H12F3N3O5S/c16-15(17,18)11-4-3-7-19-14(11)26-10-8-20(9-10)27(24,25)13-6-2-1-5-12(13)21(22)23/h1-7,10H,8-9H2. The number of nitro benzene ring substituents is 1. The summed E-state index contributed by atoms with van der Waals surface area (Å²) in [5.74, 6) is -0.641. The van der Waals surface area contributed by atoms with Gasteiger partial charge in [-0.25, -0.2) is 13.4 Å². The number of ether oxygens (including phenoxy) is 1. The number of nitrogens with zero attached hydrogens (tertiary/aromatic N) is 3. The number of pyridine rings is 1. The van der Waals surface area contributed by atoms with Crippen LogP contribution in [0.4, 0.5) is 18.9 Å². The summed E-state index contributed by atoms with van der Waals surface area (Å²) in [6.07, 6.45) is -4.38. The van der Waals surface area contributed by atoms with Crippen LogP contribution in [0.15, 0.2) is 47.5 Å². The van der Waals surface area contributed by atoms with Crippen LogP contribution in [0.3, 0.4) is 0 Å². The van der Waals surface area contributed by atoms with Gasteiger partial charge < -0.3 is 4.74 Å². The lowest BCUT2D eigenvalue weighted by Gasteiger charge is -2.37. The molecular formula is C15H12F3N3O5S. The predicted octanol–water partition coefficient (Wildman–Crippen LogP) is 2.46. The van der Waals surface area contributed by atoms with Crippen molar-refractivity contribution in [3.8, 4) is 5.88 Å². The maximum absolute atomic E-state index is 12.9. The third-order valence-electron chi connectivity index (χ3n) is 3.85. The fraction of sp³-hybridized carbons (Fsp3) is 0.267. The molecule has 1 aromatic heterocycles. The first-order valence-corrected chi connectivity index (χ1v) is 8.97. The summed E-state index contributed by atoms with van der Waals surface area (Å²) in [6.45, 7) is -0.496. The van der Waals surface area contributed by atoms with Crippen molar-refractivity contribution in [1.29, 1.82) is 0 Å². The lowest BCUT2D eigenvalue weighted by atomic mass is 10.2. The average molecular weight is 403 g/mol. The first kappa shape index (κ1) is 19.0. The second kappa shape index (κ2) is 6.78. The van der Waals surface area contributed by atoms with Crippen LogP contribution in [0, 0.1) is 10.1 Å². The Kier molecular flexibility index (Phi) is 4.78. The molecule has 0 radical (unpaired) electrons. The number of benzene rings is 1. The van der Waals surface area contributed by atoms with Crippen molar-refractivity contribution in [2.75, 3.05) is 13.1 Å². The Labute approximate surface area is 151 Å². The van der Waals surface area contributed by atoms with Crippen molar-refractivity contribution in [3.63, 3.8) is 0 Å². The van der Waals surface area contributed by atoms with E-state index in [2.05, 4.69) is 4.98 Å². The van der Waals surface area contributed by atoms with Gasteiger partial charge in [-0.2, -0.15) is 17.5 Å². The van der Waals surface area contributed by atoms with Crippen LogP contribution in [0.2, 0.25) is 0 Å². The molecule has 1 aliphatic heterocycles. The van der Waals surface area contributed by atoms with E-state index >= 15 is 0 Å². The third kappa shape index (κ3) is 3.71. The number of halogens is 3. The van der Waals surface area contributed by atoms with Crippen molar-refractivity contribution in [3.05, 3.63) is 58.3 Å². The molecule has 12 heteroatoms. The fourth-order valence-corrected chi connectivity index (χ4v) is 4.16. The number of sulfonamides is 1. The number of rotatable bonds is 5. The molecule has 0 aliphatic carbocycles. The second-order valence-corrected chi connectivity index (χ2v) is 7.55. The Morgan fingerprint density at radius 1 is 1.19 bits per heavy atom. The van der Waals surface area contributed by atoms with Gasteiger partial charge in [-0.3, -0.25) is 10.1 Å². The largest absolute Gasteiger partial charge is 0.471 e. The molecule has 0 N–H and O–H groups in total. The van der Waals surface area contributed by atoms with Crippen LogP contribution in [-0.2, 0) is 16.2 Å². The molecule has 27 heavy (non-hydrogen) atoms. The molecule has 1 aliphatic rings. The third-order valence-corrected chi connectivity index (χ3v) is 5.73. The van der Waals surface area contributed by atoms with Crippen LogP contribution in [-0.4, -0.2) is 41.8 Å². The predicted molar refractivity (Wildman–Crippen MR) is 85.5 cm³/mol. The van der Waals surface area contributed by atoms with Gasteiger partial charge in [-0.15, -0.1) is 0 Å². The highest BCUT2D eigenvalue weighted by molar-refractivity contribution is 7.89. The van der Waals surface area contributed by atoms with E-state index in [-0.39, 0.29) is 13.1 Å². The van der Waals surface area contributed by atoms with Crippen molar-refractivity contribution < 1.29 is 31.2 Å². The Balaban J connectivity index is 1.75. The van der Waals surface area contributed by atoms with E-state index in [1.54, 1.807) is 0 Å². The molecule has 2 aromatic rings. The summed E-state index contributed by atoms with van der Waals surface area (Å²) in [7, 11) is -4.17. The summed E-state index contributed by atoms with van der Waals surface area (Å²) in [4.78, 5) is 13.3. The summed E-state index contributed by atoms with van der Waals surface area (Å²) >= 11 is 0. The molecule has 8 nitrogen and oxygen atoms in total. The van der Waals surface area contributed by atoms with E-state index < -0.39 is 49.3 Å². The van der Waals surface area contributed by atoms with Crippen molar-refractivity contribution in [2.45, 2.75) is 17.2 Å². The quantitative estimate of drug-likeness (QED) is 0.561. The molecule has 0 unspecified atom stereocenters. The monoisotopic (exact) mass is 403 g/mol. The first-order valence-electron chi connectivity index (χ1n) is 7.53. The summed E-state index contributed by atoms with van der Waals surface area (Å²) in [5, 5.41) is 11.0. The maximum atomic E-state index is 12.9. The van der Waals surface area contributed by atoms with E-state index in [4.69, 9.17) is 4.74 Å². The number of nitro groups is 1.